The molecule has 0 bridgehead atoms. The van der Waals surface area contributed by atoms with Gasteiger partial charge in [0, 0.05) is 31.1 Å². The van der Waals surface area contributed by atoms with E-state index in [4.69, 9.17) is 10.5 Å². The van der Waals surface area contributed by atoms with E-state index in [0.29, 0.717) is 6.10 Å². The van der Waals surface area contributed by atoms with Gasteiger partial charge in [-0.25, -0.2) is 4.98 Å². The summed E-state index contributed by atoms with van der Waals surface area (Å²) >= 11 is 0. The molecule has 1 aliphatic rings. The highest BCUT2D eigenvalue weighted by Crippen LogP contribution is 2.18. The van der Waals surface area contributed by atoms with Crippen LogP contribution in [-0.2, 0) is 17.7 Å². The maximum Gasteiger partial charge on any atom is 0.113 e. The SMILES string of the molecule is Nc1ccccc1Cc1nccn1CC1CCCO1. The number of ether oxygens (including phenoxy) is 1. The smallest absolute Gasteiger partial charge is 0.113 e. The molecule has 0 radical (unpaired) electrons. The summed E-state index contributed by atoms with van der Waals surface area (Å²) in [5.74, 6) is 1.05. The van der Waals surface area contributed by atoms with Gasteiger partial charge < -0.3 is 15.0 Å². The first-order chi connectivity index (χ1) is 9.33. The van der Waals surface area contributed by atoms with Gasteiger partial charge in [-0.3, -0.25) is 0 Å². The molecule has 2 heterocycles. The van der Waals surface area contributed by atoms with Crippen LogP contribution in [0.25, 0.3) is 0 Å². The number of nitrogens with zero attached hydrogens (tertiary/aromatic N) is 2. The standard InChI is InChI=1S/C15H19N3O/c16-14-6-2-1-4-12(14)10-15-17-7-8-18(15)11-13-5-3-9-19-13/h1-2,4,6-8,13H,3,5,9-11,16H2. The van der Waals surface area contributed by atoms with Gasteiger partial charge in [-0.2, -0.15) is 0 Å². The van der Waals surface area contributed by atoms with Crippen molar-refractivity contribution in [2.45, 2.75) is 31.9 Å². The first kappa shape index (κ1) is 12.2. The zero-order valence-electron chi connectivity index (χ0n) is 11.0. The summed E-state index contributed by atoms with van der Waals surface area (Å²) in [5.41, 5.74) is 7.94. The van der Waals surface area contributed by atoms with Gasteiger partial charge in [0.15, 0.2) is 0 Å². The van der Waals surface area contributed by atoms with E-state index in [2.05, 4.69) is 15.6 Å². The third-order valence-corrected chi connectivity index (χ3v) is 3.63. The first-order valence-electron chi connectivity index (χ1n) is 6.78. The van der Waals surface area contributed by atoms with Crippen molar-refractivity contribution in [3.8, 4) is 0 Å². The molecule has 1 aliphatic heterocycles. The average Bonchev–Trinajstić information content (AvgIpc) is 3.06. The van der Waals surface area contributed by atoms with Crippen molar-refractivity contribution < 1.29 is 4.74 Å². The maximum absolute atomic E-state index is 5.99. The van der Waals surface area contributed by atoms with Gasteiger partial charge in [0.2, 0.25) is 0 Å². The van der Waals surface area contributed by atoms with E-state index in [0.717, 1.165) is 43.1 Å². The van der Waals surface area contributed by atoms with Crippen LogP contribution in [-0.4, -0.2) is 22.3 Å². The Hall–Kier alpha value is -1.81. The van der Waals surface area contributed by atoms with E-state index in [1.807, 2.05) is 30.6 Å². The summed E-state index contributed by atoms with van der Waals surface area (Å²) in [7, 11) is 0. The molecule has 1 fully saturated rings. The zero-order valence-corrected chi connectivity index (χ0v) is 11.0. The lowest BCUT2D eigenvalue weighted by Crippen LogP contribution is -2.16. The average molecular weight is 257 g/mol. The highest BCUT2D eigenvalue weighted by molar-refractivity contribution is 5.47. The lowest BCUT2D eigenvalue weighted by molar-refractivity contribution is 0.0963. The number of nitrogens with two attached hydrogens (primary N) is 1. The fourth-order valence-electron chi connectivity index (χ4n) is 2.55. The Morgan fingerprint density at radius 1 is 1.37 bits per heavy atom. The highest BCUT2D eigenvalue weighted by Gasteiger charge is 2.17. The fraction of sp³-hybridized carbons (Fsp3) is 0.400. The number of anilines is 1. The van der Waals surface area contributed by atoms with Gasteiger partial charge in [0.05, 0.1) is 12.6 Å². The Labute approximate surface area is 113 Å². The molecule has 3 rings (SSSR count). The Kier molecular flexibility index (Phi) is 3.51. The normalized spacial score (nSPS) is 18.8. The molecule has 19 heavy (non-hydrogen) atoms. The zero-order chi connectivity index (χ0) is 13.1. The number of rotatable bonds is 4. The molecule has 100 valence electrons. The lowest BCUT2D eigenvalue weighted by Gasteiger charge is -2.13. The second-order valence-corrected chi connectivity index (χ2v) is 5.01. The number of imidazole rings is 1. The minimum absolute atomic E-state index is 0.334. The number of hydrogen-bond acceptors (Lipinski definition) is 3. The fourth-order valence-corrected chi connectivity index (χ4v) is 2.55. The van der Waals surface area contributed by atoms with E-state index < -0.39 is 0 Å². The Bertz CT molecular complexity index is 544. The third kappa shape index (κ3) is 2.79. The summed E-state index contributed by atoms with van der Waals surface area (Å²) in [6.45, 7) is 1.78. The van der Waals surface area contributed by atoms with Crippen LogP contribution in [0.5, 0.6) is 0 Å². The van der Waals surface area contributed by atoms with Crippen LogP contribution in [0.1, 0.15) is 24.2 Å². The molecule has 2 aromatic rings. The van der Waals surface area contributed by atoms with Crippen molar-refractivity contribution >= 4 is 5.69 Å². The molecule has 1 atom stereocenters. The van der Waals surface area contributed by atoms with Crippen molar-refractivity contribution in [3.05, 3.63) is 48.0 Å². The Balaban J connectivity index is 1.74. The molecule has 1 unspecified atom stereocenters. The molecule has 2 N–H and O–H groups in total. The first-order valence-corrected chi connectivity index (χ1v) is 6.78. The third-order valence-electron chi connectivity index (χ3n) is 3.63. The van der Waals surface area contributed by atoms with Gasteiger partial charge in [0.25, 0.3) is 0 Å². The van der Waals surface area contributed by atoms with Gasteiger partial charge in [-0.05, 0) is 24.5 Å². The monoisotopic (exact) mass is 257 g/mol. The van der Waals surface area contributed by atoms with Gasteiger partial charge in [-0.1, -0.05) is 18.2 Å². The Morgan fingerprint density at radius 2 is 2.26 bits per heavy atom. The number of benzene rings is 1. The van der Waals surface area contributed by atoms with Crippen LogP contribution in [0.2, 0.25) is 0 Å². The molecular weight excluding hydrogens is 238 g/mol. The van der Waals surface area contributed by atoms with Gasteiger partial charge in [-0.15, -0.1) is 0 Å². The second kappa shape index (κ2) is 5.45. The van der Waals surface area contributed by atoms with Crippen LogP contribution in [0, 0.1) is 0 Å². The summed E-state index contributed by atoms with van der Waals surface area (Å²) in [5, 5.41) is 0. The molecule has 1 aromatic heterocycles. The summed E-state index contributed by atoms with van der Waals surface area (Å²) in [6.07, 6.45) is 7.29. The summed E-state index contributed by atoms with van der Waals surface area (Å²) < 4.78 is 7.86. The summed E-state index contributed by atoms with van der Waals surface area (Å²) in [6, 6.07) is 7.96. The Morgan fingerprint density at radius 3 is 3.05 bits per heavy atom. The molecule has 4 heteroatoms. The number of aromatic nitrogens is 2. The minimum atomic E-state index is 0.334. The van der Waals surface area contributed by atoms with E-state index in [9.17, 15) is 0 Å². The lowest BCUT2D eigenvalue weighted by atomic mass is 10.1. The van der Waals surface area contributed by atoms with E-state index >= 15 is 0 Å². The minimum Gasteiger partial charge on any atom is -0.398 e. The highest BCUT2D eigenvalue weighted by atomic mass is 16.5. The molecular formula is C15H19N3O. The van der Waals surface area contributed by atoms with Crippen molar-refractivity contribution in [1.82, 2.24) is 9.55 Å². The van der Waals surface area contributed by atoms with Crippen molar-refractivity contribution in [1.29, 1.82) is 0 Å². The molecule has 1 aromatic carbocycles. The van der Waals surface area contributed by atoms with Crippen LogP contribution >= 0.6 is 0 Å². The number of para-hydroxylation sites is 1. The predicted molar refractivity (Wildman–Crippen MR) is 74.9 cm³/mol. The van der Waals surface area contributed by atoms with E-state index in [-0.39, 0.29) is 0 Å². The number of hydrogen-bond donors (Lipinski definition) is 1. The summed E-state index contributed by atoms with van der Waals surface area (Å²) in [4.78, 5) is 4.45. The molecule has 4 nitrogen and oxygen atoms in total. The van der Waals surface area contributed by atoms with Gasteiger partial charge in [0.1, 0.15) is 5.82 Å². The molecule has 1 saturated heterocycles. The van der Waals surface area contributed by atoms with Gasteiger partial charge >= 0.3 is 0 Å². The van der Waals surface area contributed by atoms with E-state index in [1.54, 1.807) is 0 Å². The number of nitrogen functional groups attached to an aromatic ring is 1. The molecule has 0 aliphatic carbocycles. The molecule has 0 amide bonds. The molecule has 0 saturated carbocycles. The van der Waals surface area contributed by atoms with Crippen LogP contribution in [0.15, 0.2) is 36.7 Å². The van der Waals surface area contributed by atoms with Crippen LogP contribution < -0.4 is 5.73 Å². The topological polar surface area (TPSA) is 53.1 Å². The van der Waals surface area contributed by atoms with Crippen molar-refractivity contribution in [2.24, 2.45) is 0 Å². The van der Waals surface area contributed by atoms with Crippen LogP contribution in [0.4, 0.5) is 5.69 Å². The van der Waals surface area contributed by atoms with Crippen molar-refractivity contribution in [2.75, 3.05) is 12.3 Å². The van der Waals surface area contributed by atoms with E-state index in [1.165, 1.54) is 6.42 Å². The van der Waals surface area contributed by atoms with Crippen LogP contribution in [0.3, 0.4) is 0 Å². The van der Waals surface area contributed by atoms with Crippen molar-refractivity contribution in [3.63, 3.8) is 0 Å². The predicted octanol–water partition coefficient (Wildman–Crippen LogP) is 2.24. The largest absolute Gasteiger partial charge is 0.398 e. The maximum atomic E-state index is 5.99. The quantitative estimate of drug-likeness (QED) is 0.855. The second-order valence-electron chi connectivity index (χ2n) is 5.01. The molecule has 0 spiro atoms.